The van der Waals surface area contributed by atoms with Gasteiger partial charge in [-0.15, -0.1) is 0 Å². The van der Waals surface area contributed by atoms with Gasteiger partial charge in [0, 0.05) is 12.8 Å². The lowest BCUT2D eigenvalue weighted by Crippen LogP contribution is -2.24. The molecule has 0 saturated heterocycles. The number of amides is 1. The minimum Gasteiger partial charge on any atom is -0.454 e. The number of hydrazone groups is 1. The van der Waals surface area contributed by atoms with E-state index < -0.39 is 0 Å². The molecule has 0 aliphatic carbocycles. The first kappa shape index (κ1) is 10.8. The Morgan fingerprint density at radius 2 is 2.06 bits per heavy atom. The molecule has 2 heterocycles. The normalized spacial score (nSPS) is 17.8. The minimum atomic E-state index is -0.0322. The molecule has 3 rings (SSSR count). The van der Waals surface area contributed by atoms with Crippen LogP contribution in [0.3, 0.4) is 0 Å². The molecule has 0 radical (unpaired) electrons. The fourth-order valence-electron chi connectivity index (χ4n) is 1.82. The molecule has 1 aromatic rings. The van der Waals surface area contributed by atoms with Gasteiger partial charge < -0.3 is 9.47 Å². The summed E-state index contributed by atoms with van der Waals surface area (Å²) in [4.78, 5) is 10.9. The van der Waals surface area contributed by atoms with Crippen molar-refractivity contribution in [2.24, 2.45) is 5.10 Å². The Labute approximate surface area is 104 Å². The van der Waals surface area contributed by atoms with Gasteiger partial charge in [0.1, 0.15) is 0 Å². The van der Waals surface area contributed by atoms with Gasteiger partial charge in [-0.2, -0.15) is 5.10 Å². The fourth-order valence-corrected chi connectivity index (χ4v) is 1.82. The summed E-state index contributed by atoms with van der Waals surface area (Å²) in [6.07, 6.45) is 5.01. The molecule has 0 saturated carbocycles. The maximum absolute atomic E-state index is 10.9. The number of benzene rings is 1. The number of allylic oxidation sites excluding steroid dienone is 1. The molecule has 1 N–H and O–H groups in total. The van der Waals surface area contributed by atoms with Crippen LogP contribution >= 0.6 is 0 Å². The van der Waals surface area contributed by atoms with E-state index in [0.717, 1.165) is 22.8 Å². The summed E-state index contributed by atoms with van der Waals surface area (Å²) in [7, 11) is 0. The molecule has 0 aromatic heterocycles. The highest BCUT2D eigenvalue weighted by Gasteiger charge is 2.12. The summed E-state index contributed by atoms with van der Waals surface area (Å²) in [5.74, 6) is 1.50. The zero-order chi connectivity index (χ0) is 12.4. The Morgan fingerprint density at radius 1 is 1.17 bits per heavy atom. The van der Waals surface area contributed by atoms with E-state index in [0.29, 0.717) is 12.8 Å². The van der Waals surface area contributed by atoms with Gasteiger partial charge in [0.2, 0.25) is 12.7 Å². The van der Waals surface area contributed by atoms with E-state index in [1.165, 1.54) is 0 Å². The molecule has 2 aliphatic rings. The topological polar surface area (TPSA) is 59.9 Å². The van der Waals surface area contributed by atoms with Crippen LogP contribution < -0.4 is 14.9 Å². The van der Waals surface area contributed by atoms with Crippen LogP contribution in [0.4, 0.5) is 0 Å². The number of ether oxygens (including phenoxy) is 2. The highest BCUT2D eigenvalue weighted by atomic mass is 16.7. The number of fused-ring (bicyclic) bond motifs is 1. The maximum atomic E-state index is 10.9. The van der Waals surface area contributed by atoms with E-state index in [1.54, 1.807) is 0 Å². The SMILES string of the molecule is O=C1CCC(C=Cc2ccc3c(c2)OCO3)=NN1. The van der Waals surface area contributed by atoms with Crippen LogP contribution in [0.15, 0.2) is 29.4 Å². The molecule has 1 aromatic carbocycles. The van der Waals surface area contributed by atoms with Crippen molar-refractivity contribution in [2.45, 2.75) is 12.8 Å². The first-order chi connectivity index (χ1) is 8.81. The van der Waals surface area contributed by atoms with Crippen molar-refractivity contribution in [3.05, 3.63) is 29.8 Å². The highest BCUT2D eigenvalue weighted by molar-refractivity contribution is 6.02. The molecule has 0 unspecified atom stereocenters. The lowest BCUT2D eigenvalue weighted by molar-refractivity contribution is -0.121. The Kier molecular flexibility index (Phi) is 2.72. The predicted molar refractivity (Wildman–Crippen MR) is 66.4 cm³/mol. The first-order valence-electron chi connectivity index (χ1n) is 5.74. The second-order valence-corrected chi connectivity index (χ2v) is 4.08. The second kappa shape index (κ2) is 4.52. The molecule has 5 nitrogen and oxygen atoms in total. The molecule has 0 atom stereocenters. The lowest BCUT2D eigenvalue weighted by Gasteiger charge is -2.08. The van der Waals surface area contributed by atoms with Crippen LogP contribution in [0.25, 0.3) is 6.08 Å². The third kappa shape index (κ3) is 2.20. The van der Waals surface area contributed by atoms with E-state index in [9.17, 15) is 4.79 Å². The summed E-state index contributed by atoms with van der Waals surface area (Å²) >= 11 is 0. The van der Waals surface area contributed by atoms with E-state index in [2.05, 4.69) is 10.5 Å². The molecule has 2 aliphatic heterocycles. The monoisotopic (exact) mass is 244 g/mol. The van der Waals surface area contributed by atoms with Crippen LogP contribution in [0.5, 0.6) is 11.5 Å². The van der Waals surface area contributed by atoms with Gasteiger partial charge in [0.15, 0.2) is 11.5 Å². The van der Waals surface area contributed by atoms with E-state index in [1.807, 2.05) is 30.4 Å². The maximum Gasteiger partial charge on any atom is 0.240 e. The molecule has 0 bridgehead atoms. The van der Waals surface area contributed by atoms with Crippen molar-refractivity contribution in [1.82, 2.24) is 5.43 Å². The quantitative estimate of drug-likeness (QED) is 0.861. The van der Waals surface area contributed by atoms with Crippen LogP contribution in [-0.2, 0) is 4.79 Å². The van der Waals surface area contributed by atoms with Gasteiger partial charge in [-0.1, -0.05) is 12.1 Å². The van der Waals surface area contributed by atoms with Gasteiger partial charge >= 0.3 is 0 Å². The average Bonchev–Trinajstić information content (AvgIpc) is 2.85. The third-order valence-corrected chi connectivity index (χ3v) is 2.80. The largest absolute Gasteiger partial charge is 0.454 e. The van der Waals surface area contributed by atoms with Gasteiger partial charge in [0.25, 0.3) is 0 Å². The van der Waals surface area contributed by atoms with Gasteiger partial charge in [-0.05, 0) is 23.8 Å². The number of rotatable bonds is 2. The molecular formula is C13H12N2O3. The van der Waals surface area contributed by atoms with E-state index in [4.69, 9.17) is 9.47 Å². The number of carbonyl (C=O) groups excluding carboxylic acids is 1. The Bertz CT molecular complexity index is 549. The molecule has 0 fully saturated rings. The fraction of sp³-hybridized carbons (Fsp3) is 0.231. The van der Waals surface area contributed by atoms with Gasteiger partial charge in [-0.3, -0.25) is 4.79 Å². The minimum absolute atomic E-state index is 0.0322. The Balaban J connectivity index is 1.74. The third-order valence-electron chi connectivity index (χ3n) is 2.80. The number of hydrogen-bond donors (Lipinski definition) is 1. The number of hydrogen-bond acceptors (Lipinski definition) is 4. The Morgan fingerprint density at radius 3 is 2.89 bits per heavy atom. The smallest absolute Gasteiger partial charge is 0.240 e. The number of carbonyl (C=O) groups is 1. The Hall–Kier alpha value is -2.30. The first-order valence-corrected chi connectivity index (χ1v) is 5.74. The number of nitrogens with zero attached hydrogens (tertiary/aromatic N) is 1. The molecular weight excluding hydrogens is 232 g/mol. The van der Waals surface area contributed by atoms with Crippen LogP contribution in [0.2, 0.25) is 0 Å². The lowest BCUT2D eigenvalue weighted by atomic mass is 10.1. The number of nitrogens with one attached hydrogen (secondary N) is 1. The van der Waals surface area contributed by atoms with Gasteiger partial charge in [-0.25, -0.2) is 5.43 Å². The molecule has 0 spiro atoms. The summed E-state index contributed by atoms with van der Waals surface area (Å²) in [6, 6.07) is 5.75. The van der Waals surface area contributed by atoms with Crippen molar-refractivity contribution in [2.75, 3.05) is 6.79 Å². The highest BCUT2D eigenvalue weighted by Crippen LogP contribution is 2.32. The zero-order valence-corrected chi connectivity index (χ0v) is 9.68. The van der Waals surface area contributed by atoms with Gasteiger partial charge in [0.05, 0.1) is 5.71 Å². The van der Waals surface area contributed by atoms with Crippen molar-refractivity contribution >= 4 is 17.7 Å². The molecule has 92 valence electrons. The summed E-state index contributed by atoms with van der Waals surface area (Å²) in [5, 5.41) is 3.97. The standard InChI is InChI=1S/C13H12N2O3/c16-13-6-4-10(14-15-13)3-1-9-2-5-11-12(7-9)18-8-17-11/h1-3,5,7H,4,6,8H2,(H,15,16). The van der Waals surface area contributed by atoms with Crippen molar-refractivity contribution in [3.8, 4) is 11.5 Å². The van der Waals surface area contributed by atoms with E-state index in [-0.39, 0.29) is 12.7 Å². The van der Waals surface area contributed by atoms with Crippen LogP contribution in [0.1, 0.15) is 18.4 Å². The zero-order valence-electron chi connectivity index (χ0n) is 9.68. The summed E-state index contributed by atoms with van der Waals surface area (Å²) in [5.41, 5.74) is 4.34. The molecule has 5 heteroatoms. The van der Waals surface area contributed by atoms with E-state index >= 15 is 0 Å². The van der Waals surface area contributed by atoms with Crippen molar-refractivity contribution < 1.29 is 14.3 Å². The molecule has 1 amide bonds. The summed E-state index contributed by atoms with van der Waals surface area (Å²) < 4.78 is 10.5. The molecule has 18 heavy (non-hydrogen) atoms. The summed E-state index contributed by atoms with van der Waals surface area (Å²) in [6.45, 7) is 0.279. The second-order valence-electron chi connectivity index (χ2n) is 4.08. The van der Waals surface area contributed by atoms with Crippen LogP contribution in [-0.4, -0.2) is 18.4 Å². The van der Waals surface area contributed by atoms with Crippen molar-refractivity contribution in [3.63, 3.8) is 0 Å². The van der Waals surface area contributed by atoms with Crippen LogP contribution in [0, 0.1) is 0 Å². The predicted octanol–water partition coefficient (Wildman–Crippen LogP) is 1.69. The average molecular weight is 244 g/mol. The van der Waals surface area contributed by atoms with Crippen molar-refractivity contribution in [1.29, 1.82) is 0 Å².